The molecule has 5 nitrogen and oxygen atoms in total. The molecule has 2 saturated carbocycles. The van der Waals surface area contributed by atoms with E-state index >= 15 is 0 Å². The molecule has 1 aliphatic heterocycles. The number of nitrogens with zero attached hydrogens (tertiary/aromatic N) is 2. The van der Waals surface area contributed by atoms with Crippen molar-refractivity contribution in [2.45, 2.75) is 43.9 Å². The third-order valence-corrected chi connectivity index (χ3v) is 4.41. The largest absolute Gasteiger partial charge is 0.374 e. The smallest absolute Gasteiger partial charge is 0.319 e. The zero-order valence-electron chi connectivity index (χ0n) is 11.9. The second kappa shape index (κ2) is 5.29. The van der Waals surface area contributed by atoms with Gasteiger partial charge in [0.1, 0.15) is 6.10 Å². The molecule has 0 aromatic carbocycles. The van der Waals surface area contributed by atoms with E-state index in [4.69, 9.17) is 9.47 Å². The highest BCUT2D eigenvalue weighted by Crippen LogP contribution is 2.35. The highest BCUT2D eigenvalue weighted by atomic mass is 16.5. The fraction of sp³-hybridized carbons (Fsp3) is 0.929. The molecule has 0 radical (unpaired) electrons. The first-order valence-electron chi connectivity index (χ1n) is 7.38. The highest BCUT2D eigenvalue weighted by Gasteiger charge is 2.45. The number of hydrogen-bond donors (Lipinski definition) is 0. The number of rotatable bonds is 3. The molecule has 2 amide bonds. The molecule has 108 valence electrons. The van der Waals surface area contributed by atoms with E-state index < -0.39 is 0 Å². The molecule has 1 heterocycles. The molecule has 3 fully saturated rings. The molecule has 2 bridgehead atoms. The number of carbonyl (C=O) groups is 1. The van der Waals surface area contributed by atoms with Crippen LogP contribution in [0.2, 0.25) is 0 Å². The van der Waals surface area contributed by atoms with Crippen LogP contribution in [0.15, 0.2) is 0 Å². The average molecular weight is 268 g/mol. The third kappa shape index (κ3) is 2.72. The molecule has 3 rings (SSSR count). The molecule has 19 heavy (non-hydrogen) atoms. The maximum Gasteiger partial charge on any atom is 0.319 e. The van der Waals surface area contributed by atoms with Gasteiger partial charge in [-0.2, -0.15) is 0 Å². The van der Waals surface area contributed by atoms with Crippen molar-refractivity contribution in [1.29, 1.82) is 0 Å². The summed E-state index contributed by atoms with van der Waals surface area (Å²) in [6.07, 6.45) is 4.86. The van der Waals surface area contributed by atoms with Crippen molar-refractivity contribution in [3.8, 4) is 0 Å². The van der Waals surface area contributed by atoms with Gasteiger partial charge in [0.25, 0.3) is 0 Å². The summed E-state index contributed by atoms with van der Waals surface area (Å²) < 4.78 is 12.0. The van der Waals surface area contributed by atoms with Crippen molar-refractivity contribution in [1.82, 2.24) is 9.80 Å². The number of hydrogen-bond acceptors (Lipinski definition) is 3. The van der Waals surface area contributed by atoms with E-state index in [1.54, 1.807) is 19.0 Å². The summed E-state index contributed by atoms with van der Waals surface area (Å²) in [5, 5.41) is 0. The number of urea groups is 1. The van der Waals surface area contributed by atoms with Crippen LogP contribution in [-0.2, 0) is 9.47 Å². The number of fused-ring (bicyclic) bond motifs is 2. The van der Waals surface area contributed by atoms with E-state index in [0.29, 0.717) is 13.2 Å². The minimum atomic E-state index is 0.0759. The maximum absolute atomic E-state index is 12.3. The summed E-state index contributed by atoms with van der Waals surface area (Å²) in [5.41, 5.74) is 0. The van der Waals surface area contributed by atoms with Crippen molar-refractivity contribution in [2.24, 2.45) is 5.92 Å². The second-order valence-electron chi connectivity index (χ2n) is 6.17. The Bertz CT molecular complexity index is 344. The fourth-order valence-electron chi connectivity index (χ4n) is 3.14. The van der Waals surface area contributed by atoms with Gasteiger partial charge >= 0.3 is 6.03 Å². The molecule has 2 aliphatic carbocycles. The molecule has 0 aromatic heterocycles. The average Bonchev–Trinajstić information content (AvgIpc) is 3.12. The van der Waals surface area contributed by atoms with Crippen LogP contribution in [-0.4, -0.2) is 67.9 Å². The van der Waals surface area contributed by atoms with Crippen molar-refractivity contribution in [2.75, 3.05) is 33.9 Å². The predicted octanol–water partition coefficient (Wildman–Crippen LogP) is 1.33. The van der Waals surface area contributed by atoms with Crippen LogP contribution < -0.4 is 0 Å². The molecule has 0 spiro atoms. The van der Waals surface area contributed by atoms with E-state index in [9.17, 15) is 4.79 Å². The number of ether oxygens (including phenoxy) is 2. The van der Waals surface area contributed by atoms with Gasteiger partial charge in [0.2, 0.25) is 0 Å². The molecule has 0 aromatic rings. The van der Waals surface area contributed by atoms with Gasteiger partial charge in [-0.05, 0) is 31.6 Å². The van der Waals surface area contributed by atoms with Gasteiger partial charge in [0.05, 0.1) is 18.8 Å². The zero-order chi connectivity index (χ0) is 13.4. The lowest BCUT2D eigenvalue weighted by atomic mass is 10.1. The molecule has 5 heteroatoms. The summed E-state index contributed by atoms with van der Waals surface area (Å²) in [7, 11) is 3.61. The summed E-state index contributed by atoms with van der Waals surface area (Å²) in [4.78, 5) is 15.9. The Labute approximate surface area is 114 Å². The Balaban J connectivity index is 1.69. The Morgan fingerprint density at radius 3 is 2.79 bits per heavy atom. The van der Waals surface area contributed by atoms with Crippen molar-refractivity contribution < 1.29 is 14.3 Å². The predicted molar refractivity (Wildman–Crippen MR) is 71.0 cm³/mol. The van der Waals surface area contributed by atoms with Crippen molar-refractivity contribution in [3.63, 3.8) is 0 Å². The van der Waals surface area contributed by atoms with Crippen LogP contribution in [0, 0.1) is 5.92 Å². The second-order valence-corrected chi connectivity index (χ2v) is 6.17. The number of carbonyl (C=O) groups excluding carboxylic acids is 1. The van der Waals surface area contributed by atoms with Gasteiger partial charge in [-0.1, -0.05) is 0 Å². The van der Waals surface area contributed by atoms with Crippen LogP contribution in [0.3, 0.4) is 0 Å². The first kappa shape index (κ1) is 13.2. The molecular weight excluding hydrogens is 244 g/mol. The zero-order valence-corrected chi connectivity index (χ0v) is 11.9. The van der Waals surface area contributed by atoms with Gasteiger partial charge in [0.15, 0.2) is 0 Å². The van der Waals surface area contributed by atoms with E-state index in [0.717, 1.165) is 25.4 Å². The normalized spacial score (nSPS) is 34.2. The Morgan fingerprint density at radius 2 is 2.11 bits per heavy atom. The van der Waals surface area contributed by atoms with Crippen LogP contribution in [0.1, 0.15) is 25.7 Å². The Hall–Kier alpha value is -0.810. The van der Waals surface area contributed by atoms with Crippen molar-refractivity contribution in [3.05, 3.63) is 0 Å². The first-order valence-corrected chi connectivity index (χ1v) is 7.38. The Morgan fingerprint density at radius 1 is 1.32 bits per heavy atom. The maximum atomic E-state index is 12.3. The molecule has 3 atom stereocenters. The quantitative estimate of drug-likeness (QED) is 0.775. The standard InChI is InChI=1S/C14H24N2O3/c1-15(2)14(17)16-7-8-18-12-6-5-11(16)13(12)19-9-10-3-4-10/h10-13H,3-9H2,1-2H3/t11-,12-,13-/m0/s1. The van der Waals surface area contributed by atoms with Crippen LogP contribution in [0.5, 0.6) is 0 Å². The molecule has 3 aliphatic rings. The molecule has 1 saturated heterocycles. The monoisotopic (exact) mass is 268 g/mol. The molecule has 0 N–H and O–H groups in total. The van der Waals surface area contributed by atoms with Gasteiger partial charge in [0, 0.05) is 27.2 Å². The van der Waals surface area contributed by atoms with Gasteiger partial charge in [-0.25, -0.2) is 4.79 Å². The van der Waals surface area contributed by atoms with Gasteiger partial charge < -0.3 is 19.3 Å². The number of amides is 2. The Kier molecular flexibility index (Phi) is 3.67. The molecular formula is C14H24N2O3. The summed E-state index contributed by atoms with van der Waals surface area (Å²) in [5.74, 6) is 0.751. The third-order valence-electron chi connectivity index (χ3n) is 4.41. The minimum absolute atomic E-state index is 0.0759. The molecule has 0 unspecified atom stereocenters. The van der Waals surface area contributed by atoms with Gasteiger partial charge in [-0.15, -0.1) is 0 Å². The van der Waals surface area contributed by atoms with Crippen molar-refractivity contribution >= 4 is 6.03 Å². The SMILES string of the molecule is CN(C)C(=O)N1CCO[C@H]2CC[C@H]1[C@@H]2OCC1CC1. The highest BCUT2D eigenvalue weighted by molar-refractivity contribution is 5.74. The van der Waals surface area contributed by atoms with E-state index in [2.05, 4.69) is 0 Å². The van der Waals surface area contributed by atoms with Crippen LogP contribution in [0.4, 0.5) is 4.79 Å². The fourth-order valence-corrected chi connectivity index (χ4v) is 3.14. The van der Waals surface area contributed by atoms with E-state index in [1.165, 1.54) is 12.8 Å². The summed E-state index contributed by atoms with van der Waals surface area (Å²) in [6.45, 7) is 2.15. The summed E-state index contributed by atoms with van der Waals surface area (Å²) in [6, 6.07) is 0.275. The lowest BCUT2D eigenvalue weighted by Gasteiger charge is -2.33. The lowest BCUT2D eigenvalue weighted by molar-refractivity contribution is -0.0555. The van der Waals surface area contributed by atoms with Crippen LogP contribution in [0.25, 0.3) is 0 Å². The van der Waals surface area contributed by atoms with Gasteiger partial charge in [-0.3, -0.25) is 0 Å². The lowest BCUT2D eigenvalue weighted by Crippen LogP contribution is -2.50. The summed E-state index contributed by atoms with van der Waals surface area (Å²) >= 11 is 0. The topological polar surface area (TPSA) is 42.0 Å². The first-order chi connectivity index (χ1) is 9.16. The van der Waals surface area contributed by atoms with E-state index in [1.807, 2.05) is 4.90 Å². The van der Waals surface area contributed by atoms with E-state index in [-0.39, 0.29) is 24.3 Å². The van der Waals surface area contributed by atoms with Crippen LogP contribution >= 0.6 is 0 Å². The minimum Gasteiger partial charge on any atom is -0.374 e.